The molecule has 1 aliphatic heterocycles. The van der Waals surface area contributed by atoms with Gasteiger partial charge in [-0.05, 0) is 25.5 Å². The molecule has 1 N–H and O–H groups in total. The van der Waals surface area contributed by atoms with Gasteiger partial charge in [0.1, 0.15) is 5.69 Å². The Hall–Kier alpha value is -2.24. The standard InChI is InChI=1S/C20H33N5O5S/c1-5-16(4)21-20(26)15-22-10-12-23(13-11-22)18-9-8-17(14-19(18)25(27)28)31(29,30)24(6-2)7-3/h8-9,14,16H,5-7,10-13,15H2,1-4H3,(H,21,26)/t16-/m1/s1. The number of carbonyl (C=O) groups excluding carboxylic acids is 1. The highest BCUT2D eigenvalue weighted by molar-refractivity contribution is 7.89. The Bertz CT molecular complexity index is 880. The van der Waals surface area contributed by atoms with Crippen molar-refractivity contribution in [3.05, 3.63) is 28.3 Å². The van der Waals surface area contributed by atoms with Crippen LogP contribution in [0.2, 0.25) is 0 Å². The highest BCUT2D eigenvalue weighted by Gasteiger charge is 2.29. The van der Waals surface area contributed by atoms with Gasteiger partial charge in [0, 0.05) is 51.4 Å². The second-order valence-electron chi connectivity index (χ2n) is 7.64. The predicted molar refractivity (Wildman–Crippen MR) is 120 cm³/mol. The number of nitro benzene ring substituents is 1. The van der Waals surface area contributed by atoms with Gasteiger partial charge in [-0.2, -0.15) is 4.31 Å². The molecule has 1 aromatic rings. The van der Waals surface area contributed by atoms with Crippen LogP contribution in [-0.2, 0) is 14.8 Å². The second-order valence-corrected chi connectivity index (χ2v) is 9.57. The lowest BCUT2D eigenvalue weighted by atomic mass is 10.2. The SMILES string of the molecule is CC[C@@H](C)NC(=O)CN1CCN(c2ccc(S(=O)(=O)N(CC)CC)cc2[N+](=O)[O-])CC1. The van der Waals surface area contributed by atoms with Crippen molar-refractivity contribution in [3.63, 3.8) is 0 Å². The number of carbonyl (C=O) groups is 1. The van der Waals surface area contributed by atoms with E-state index in [1.807, 2.05) is 23.6 Å². The van der Waals surface area contributed by atoms with Crippen LogP contribution in [0.5, 0.6) is 0 Å². The Kier molecular flexibility index (Phi) is 8.78. The van der Waals surface area contributed by atoms with Crippen molar-refractivity contribution in [2.45, 2.75) is 45.1 Å². The first-order valence-corrected chi connectivity index (χ1v) is 12.1. The van der Waals surface area contributed by atoms with Gasteiger partial charge in [-0.3, -0.25) is 19.8 Å². The van der Waals surface area contributed by atoms with Crippen LogP contribution in [0.3, 0.4) is 0 Å². The maximum absolute atomic E-state index is 12.7. The van der Waals surface area contributed by atoms with Gasteiger partial charge in [-0.1, -0.05) is 20.8 Å². The van der Waals surface area contributed by atoms with Gasteiger partial charge in [0.2, 0.25) is 15.9 Å². The molecule has 31 heavy (non-hydrogen) atoms. The molecule has 10 nitrogen and oxygen atoms in total. The molecule has 0 aromatic heterocycles. The molecule has 1 heterocycles. The molecule has 0 radical (unpaired) electrons. The molecule has 1 fully saturated rings. The maximum Gasteiger partial charge on any atom is 0.293 e. The van der Waals surface area contributed by atoms with E-state index in [2.05, 4.69) is 5.32 Å². The van der Waals surface area contributed by atoms with Crippen LogP contribution in [0.25, 0.3) is 0 Å². The third-order valence-corrected chi connectivity index (χ3v) is 7.63. The molecular formula is C20H33N5O5S. The van der Waals surface area contributed by atoms with Crippen LogP contribution in [-0.4, -0.2) is 80.3 Å². The molecule has 1 aromatic carbocycles. The highest BCUT2D eigenvalue weighted by atomic mass is 32.2. The van der Waals surface area contributed by atoms with Crippen LogP contribution in [0.4, 0.5) is 11.4 Å². The fraction of sp³-hybridized carbons (Fsp3) is 0.650. The molecule has 174 valence electrons. The molecule has 2 rings (SSSR count). The zero-order valence-electron chi connectivity index (χ0n) is 18.7. The van der Waals surface area contributed by atoms with Crippen molar-refractivity contribution in [2.24, 2.45) is 0 Å². The number of sulfonamides is 1. The number of nitrogens with zero attached hydrogens (tertiary/aromatic N) is 4. The van der Waals surface area contributed by atoms with E-state index in [1.165, 1.54) is 16.4 Å². The van der Waals surface area contributed by atoms with Gasteiger partial charge in [0.25, 0.3) is 5.69 Å². The summed E-state index contributed by atoms with van der Waals surface area (Å²) in [6, 6.07) is 4.22. The van der Waals surface area contributed by atoms with E-state index in [9.17, 15) is 23.3 Å². The zero-order chi connectivity index (χ0) is 23.2. The number of amides is 1. The van der Waals surface area contributed by atoms with E-state index in [0.717, 1.165) is 12.5 Å². The first kappa shape index (κ1) is 25.0. The fourth-order valence-corrected chi connectivity index (χ4v) is 5.04. The van der Waals surface area contributed by atoms with Crippen molar-refractivity contribution in [1.29, 1.82) is 0 Å². The number of benzene rings is 1. The van der Waals surface area contributed by atoms with E-state index in [-0.39, 0.29) is 22.5 Å². The Morgan fingerprint density at radius 1 is 1.19 bits per heavy atom. The number of anilines is 1. The second kappa shape index (κ2) is 10.9. The molecule has 0 aliphatic carbocycles. The van der Waals surface area contributed by atoms with Crippen molar-refractivity contribution in [1.82, 2.24) is 14.5 Å². The molecule has 1 atom stereocenters. The maximum atomic E-state index is 12.7. The smallest absolute Gasteiger partial charge is 0.293 e. The summed E-state index contributed by atoms with van der Waals surface area (Å²) in [6.07, 6.45) is 0.864. The van der Waals surface area contributed by atoms with E-state index in [1.54, 1.807) is 13.8 Å². The van der Waals surface area contributed by atoms with Crippen LogP contribution in [0.15, 0.2) is 23.1 Å². The van der Waals surface area contributed by atoms with Crippen molar-refractivity contribution < 1.29 is 18.1 Å². The van der Waals surface area contributed by atoms with E-state index < -0.39 is 14.9 Å². The number of piperazine rings is 1. The third kappa shape index (κ3) is 6.14. The number of nitro groups is 1. The van der Waals surface area contributed by atoms with Crippen LogP contribution < -0.4 is 10.2 Å². The van der Waals surface area contributed by atoms with Gasteiger partial charge in [0.05, 0.1) is 16.4 Å². The predicted octanol–water partition coefficient (Wildman–Crippen LogP) is 1.66. The summed E-state index contributed by atoms with van der Waals surface area (Å²) >= 11 is 0. The molecule has 0 unspecified atom stereocenters. The Labute approximate surface area is 184 Å². The van der Waals surface area contributed by atoms with Crippen LogP contribution >= 0.6 is 0 Å². The number of hydrogen-bond acceptors (Lipinski definition) is 7. The van der Waals surface area contributed by atoms with Gasteiger partial charge in [-0.15, -0.1) is 0 Å². The third-order valence-electron chi connectivity index (χ3n) is 5.59. The van der Waals surface area contributed by atoms with Crippen molar-refractivity contribution >= 4 is 27.3 Å². The molecule has 1 amide bonds. The zero-order valence-corrected chi connectivity index (χ0v) is 19.5. The molecular weight excluding hydrogens is 422 g/mol. The minimum absolute atomic E-state index is 0.0280. The van der Waals surface area contributed by atoms with Gasteiger partial charge >= 0.3 is 0 Å². The first-order valence-electron chi connectivity index (χ1n) is 10.7. The number of hydrogen-bond donors (Lipinski definition) is 1. The summed E-state index contributed by atoms with van der Waals surface area (Å²) in [7, 11) is -3.78. The van der Waals surface area contributed by atoms with Gasteiger partial charge < -0.3 is 10.2 Å². The number of rotatable bonds is 10. The van der Waals surface area contributed by atoms with Crippen molar-refractivity contribution in [2.75, 3.05) is 50.7 Å². The fourth-order valence-electron chi connectivity index (χ4n) is 3.56. The largest absolute Gasteiger partial charge is 0.363 e. The Morgan fingerprint density at radius 3 is 2.32 bits per heavy atom. The lowest BCUT2D eigenvalue weighted by Gasteiger charge is -2.35. The van der Waals surface area contributed by atoms with Crippen molar-refractivity contribution in [3.8, 4) is 0 Å². The normalized spacial score (nSPS) is 16.4. The molecule has 0 spiro atoms. The Balaban J connectivity index is 2.14. The quantitative estimate of drug-likeness (QED) is 0.421. The molecule has 0 bridgehead atoms. The lowest BCUT2D eigenvalue weighted by Crippen LogP contribution is -2.50. The lowest BCUT2D eigenvalue weighted by molar-refractivity contribution is -0.384. The van der Waals surface area contributed by atoms with Gasteiger partial charge in [0.15, 0.2) is 0 Å². The van der Waals surface area contributed by atoms with E-state index in [0.29, 0.717) is 51.5 Å². The summed E-state index contributed by atoms with van der Waals surface area (Å²) in [5.74, 6) is -0.0280. The molecule has 0 saturated carbocycles. The first-order chi connectivity index (χ1) is 14.6. The summed E-state index contributed by atoms with van der Waals surface area (Å²) in [5.41, 5.74) is 0.170. The average Bonchev–Trinajstić information content (AvgIpc) is 2.74. The summed E-state index contributed by atoms with van der Waals surface area (Å²) in [6.45, 7) is 10.5. The minimum Gasteiger partial charge on any atom is -0.363 e. The molecule has 1 aliphatic rings. The van der Waals surface area contributed by atoms with Crippen LogP contribution in [0.1, 0.15) is 34.1 Å². The molecule has 1 saturated heterocycles. The molecule has 11 heteroatoms. The number of nitrogens with one attached hydrogen (secondary N) is 1. The average molecular weight is 456 g/mol. The monoisotopic (exact) mass is 455 g/mol. The highest BCUT2D eigenvalue weighted by Crippen LogP contribution is 2.32. The minimum atomic E-state index is -3.78. The Morgan fingerprint density at radius 2 is 1.81 bits per heavy atom. The summed E-state index contributed by atoms with van der Waals surface area (Å²) in [4.78, 5) is 27.1. The van der Waals surface area contributed by atoms with Crippen LogP contribution in [0, 0.1) is 10.1 Å². The topological polar surface area (TPSA) is 116 Å². The van der Waals surface area contributed by atoms with Gasteiger partial charge in [-0.25, -0.2) is 8.42 Å². The van der Waals surface area contributed by atoms with E-state index in [4.69, 9.17) is 0 Å². The summed E-state index contributed by atoms with van der Waals surface area (Å²) < 4.78 is 26.8. The van der Waals surface area contributed by atoms with E-state index >= 15 is 0 Å². The summed E-state index contributed by atoms with van der Waals surface area (Å²) in [5, 5.41) is 14.6.